The van der Waals surface area contributed by atoms with Gasteiger partial charge in [0, 0.05) is 23.1 Å². The lowest BCUT2D eigenvalue weighted by molar-refractivity contribution is -0.150. The van der Waals surface area contributed by atoms with Gasteiger partial charge in [0.25, 0.3) is 0 Å². The molecular formula is C23H26F4N4O. The Labute approximate surface area is 183 Å². The fourth-order valence-corrected chi connectivity index (χ4v) is 5.65. The van der Waals surface area contributed by atoms with Crippen LogP contribution in [0.5, 0.6) is 0 Å². The highest BCUT2D eigenvalue weighted by molar-refractivity contribution is 5.83. The van der Waals surface area contributed by atoms with Crippen LogP contribution in [0.2, 0.25) is 0 Å². The van der Waals surface area contributed by atoms with Crippen LogP contribution < -0.4 is 5.73 Å². The number of alkyl halides is 3. The summed E-state index contributed by atoms with van der Waals surface area (Å²) in [6, 6.07) is 5.61. The van der Waals surface area contributed by atoms with E-state index < -0.39 is 23.1 Å². The fourth-order valence-electron chi connectivity index (χ4n) is 5.65. The van der Waals surface area contributed by atoms with E-state index in [1.807, 2.05) is 0 Å². The van der Waals surface area contributed by atoms with Gasteiger partial charge in [-0.2, -0.15) is 18.3 Å². The second kappa shape index (κ2) is 7.30. The third-order valence-electron chi connectivity index (χ3n) is 7.70. The number of nitrogens with two attached hydrogens (primary N) is 1. The first-order valence-electron chi connectivity index (χ1n) is 11.1. The minimum atomic E-state index is -4.57. The average molecular weight is 450 g/mol. The van der Waals surface area contributed by atoms with Crippen LogP contribution in [0.1, 0.15) is 61.0 Å². The molecule has 1 aromatic heterocycles. The molecule has 1 aromatic carbocycles. The van der Waals surface area contributed by atoms with Gasteiger partial charge >= 0.3 is 6.18 Å². The monoisotopic (exact) mass is 450 g/mol. The van der Waals surface area contributed by atoms with Crippen LogP contribution in [0, 0.1) is 11.2 Å². The van der Waals surface area contributed by atoms with Crippen molar-refractivity contribution in [2.24, 2.45) is 11.1 Å². The summed E-state index contributed by atoms with van der Waals surface area (Å²) < 4.78 is 55.6. The number of aromatic nitrogens is 2. The van der Waals surface area contributed by atoms with Gasteiger partial charge in [-0.1, -0.05) is 12.1 Å². The summed E-state index contributed by atoms with van der Waals surface area (Å²) in [5.74, 6) is -0.377. The standard InChI is InChI=1S/C23H26F4N4O/c24-16-3-1-15(2-4-16)13-31-18-14-30(12-5-17(18)19(29-31)23(25,26)27)20(32)21-6-9-22(28,10-7-21)11-8-21/h1-4H,5-14,28H2. The van der Waals surface area contributed by atoms with Crippen molar-refractivity contribution in [3.8, 4) is 0 Å². The molecule has 1 aliphatic heterocycles. The third kappa shape index (κ3) is 3.60. The Morgan fingerprint density at radius 1 is 1.06 bits per heavy atom. The third-order valence-corrected chi connectivity index (χ3v) is 7.70. The highest BCUT2D eigenvalue weighted by Crippen LogP contribution is 2.52. The SMILES string of the molecule is NC12CCC(C(=O)N3CCc4c(C(F)(F)F)nn(Cc5ccc(F)cc5)c4C3)(CC1)CC2. The minimum Gasteiger partial charge on any atom is -0.336 e. The maximum Gasteiger partial charge on any atom is 0.435 e. The molecule has 9 heteroatoms. The van der Waals surface area contributed by atoms with Crippen LogP contribution in [0.15, 0.2) is 24.3 Å². The van der Waals surface area contributed by atoms with Gasteiger partial charge in [-0.05, 0) is 62.6 Å². The number of fused-ring (bicyclic) bond motifs is 4. The smallest absolute Gasteiger partial charge is 0.336 e. The van der Waals surface area contributed by atoms with E-state index in [1.54, 1.807) is 4.90 Å². The number of amides is 1. The van der Waals surface area contributed by atoms with Crippen LogP contribution in [0.4, 0.5) is 17.6 Å². The molecule has 2 N–H and O–H groups in total. The molecular weight excluding hydrogens is 424 g/mol. The van der Waals surface area contributed by atoms with Crippen molar-refractivity contribution >= 4 is 5.91 Å². The van der Waals surface area contributed by atoms with Crippen molar-refractivity contribution in [3.63, 3.8) is 0 Å². The van der Waals surface area contributed by atoms with Gasteiger partial charge < -0.3 is 10.6 Å². The maximum atomic E-state index is 13.7. The number of hydrogen-bond acceptors (Lipinski definition) is 3. The molecule has 32 heavy (non-hydrogen) atoms. The molecule has 2 heterocycles. The molecule has 3 fully saturated rings. The molecule has 0 atom stereocenters. The van der Waals surface area contributed by atoms with Gasteiger partial charge in [-0.25, -0.2) is 4.39 Å². The van der Waals surface area contributed by atoms with E-state index in [0.717, 1.165) is 38.5 Å². The number of rotatable bonds is 3. The van der Waals surface area contributed by atoms with E-state index in [1.165, 1.54) is 28.9 Å². The number of carbonyl (C=O) groups is 1. The molecule has 6 rings (SSSR count). The van der Waals surface area contributed by atoms with E-state index in [4.69, 9.17) is 5.73 Å². The van der Waals surface area contributed by atoms with Crippen LogP contribution in [0.25, 0.3) is 0 Å². The second-order valence-electron chi connectivity index (χ2n) is 9.68. The normalized spacial score (nSPS) is 27.5. The van der Waals surface area contributed by atoms with E-state index in [9.17, 15) is 22.4 Å². The Bertz CT molecular complexity index is 1020. The summed E-state index contributed by atoms with van der Waals surface area (Å²) in [4.78, 5) is 15.3. The first-order valence-corrected chi connectivity index (χ1v) is 11.1. The van der Waals surface area contributed by atoms with Gasteiger partial charge in [-0.15, -0.1) is 0 Å². The lowest BCUT2D eigenvalue weighted by atomic mass is 9.57. The zero-order valence-electron chi connectivity index (χ0n) is 17.7. The van der Waals surface area contributed by atoms with Crippen molar-refractivity contribution in [1.29, 1.82) is 0 Å². The zero-order valence-corrected chi connectivity index (χ0v) is 17.7. The molecule has 172 valence electrons. The molecule has 0 spiro atoms. The van der Waals surface area contributed by atoms with Crippen LogP contribution in [-0.2, 0) is 30.5 Å². The van der Waals surface area contributed by atoms with E-state index in [-0.39, 0.29) is 43.1 Å². The van der Waals surface area contributed by atoms with Gasteiger partial charge in [0.05, 0.1) is 18.8 Å². The van der Waals surface area contributed by atoms with Gasteiger partial charge in [0.2, 0.25) is 5.91 Å². The molecule has 3 saturated carbocycles. The predicted octanol–water partition coefficient (Wildman–Crippen LogP) is 4.03. The summed E-state index contributed by atoms with van der Waals surface area (Å²) >= 11 is 0. The Hall–Kier alpha value is -2.42. The van der Waals surface area contributed by atoms with Crippen LogP contribution in [-0.4, -0.2) is 32.7 Å². The summed E-state index contributed by atoms with van der Waals surface area (Å²) in [5, 5.41) is 3.88. The summed E-state index contributed by atoms with van der Waals surface area (Å²) in [6.45, 7) is 0.447. The lowest BCUT2D eigenvalue weighted by Gasteiger charge is -2.52. The largest absolute Gasteiger partial charge is 0.435 e. The molecule has 0 unspecified atom stereocenters. The van der Waals surface area contributed by atoms with Crippen LogP contribution in [0.3, 0.4) is 0 Å². The number of carbonyl (C=O) groups excluding carboxylic acids is 1. The molecule has 1 amide bonds. The first-order chi connectivity index (χ1) is 15.1. The van der Waals surface area contributed by atoms with Gasteiger partial charge in [0.15, 0.2) is 5.69 Å². The number of nitrogens with zero attached hydrogens (tertiary/aromatic N) is 3. The van der Waals surface area contributed by atoms with Crippen LogP contribution >= 0.6 is 0 Å². The number of benzene rings is 1. The molecule has 4 aliphatic rings. The average Bonchev–Trinajstić information content (AvgIpc) is 3.14. The highest BCUT2D eigenvalue weighted by atomic mass is 19.4. The molecule has 0 saturated heterocycles. The van der Waals surface area contributed by atoms with Crippen molar-refractivity contribution < 1.29 is 22.4 Å². The molecule has 2 bridgehead atoms. The Morgan fingerprint density at radius 2 is 1.69 bits per heavy atom. The molecule has 2 aromatic rings. The molecule has 3 aliphatic carbocycles. The summed E-state index contributed by atoms with van der Waals surface area (Å²) in [6.07, 6.45) is 0.239. The van der Waals surface area contributed by atoms with Crippen molar-refractivity contribution in [3.05, 3.63) is 52.6 Å². The van der Waals surface area contributed by atoms with E-state index in [0.29, 0.717) is 11.3 Å². The number of hydrogen-bond donors (Lipinski definition) is 1. The summed E-state index contributed by atoms with van der Waals surface area (Å²) in [5.41, 5.74) is 6.11. The van der Waals surface area contributed by atoms with Crippen molar-refractivity contribution in [1.82, 2.24) is 14.7 Å². The quantitative estimate of drug-likeness (QED) is 0.719. The Kier molecular flexibility index (Phi) is 4.89. The Balaban J connectivity index is 1.44. The number of halogens is 4. The van der Waals surface area contributed by atoms with Crippen molar-refractivity contribution in [2.45, 2.75) is 69.8 Å². The minimum absolute atomic E-state index is 0.0352. The zero-order chi connectivity index (χ0) is 22.7. The first kappa shape index (κ1) is 21.4. The summed E-state index contributed by atoms with van der Waals surface area (Å²) in [7, 11) is 0. The predicted molar refractivity (Wildman–Crippen MR) is 109 cm³/mol. The lowest BCUT2D eigenvalue weighted by Crippen LogP contribution is -2.57. The molecule has 5 nitrogen and oxygen atoms in total. The fraction of sp³-hybridized carbons (Fsp3) is 0.565. The Morgan fingerprint density at radius 3 is 2.28 bits per heavy atom. The molecule has 0 radical (unpaired) electrons. The van der Waals surface area contributed by atoms with E-state index in [2.05, 4.69) is 5.10 Å². The topological polar surface area (TPSA) is 64.2 Å². The van der Waals surface area contributed by atoms with E-state index >= 15 is 0 Å². The second-order valence-corrected chi connectivity index (χ2v) is 9.68. The van der Waals surface area contributed by atoms with Gasteiger partial charge in [0.1, 0.15) is 5.82 Å². The van der Waals surface area contributed by atoms with Gasteiger partial charge in [-0.3, -0.25) is 9.48 Å². The van der Waals surface area contributed by atoms with Crippen molar-refractivity contribution in [2.75, 3.05) is 6.54 Å². The maximum absolute atomic E-state index is 13.7. The highest BCUT2D eigenvalue weighted by Gasteiger charge is 2.52.